The first-order valence-electron chi connectivity index (χ1n) is 10.1. The van der Waals surface area contributed by atoms with Crippen LogP contribution in [0.5, 0.6) is 0 Å². The van der Waals surface area contributed by atoms with Gasteiger partial charge in [-0.25, -0.2) is 4.79 Å². The third-order valence-corrected chi connectivity index (χ3v) is 5.73. The quantitative estimate of drug-likeness (QED) is 0.688. The predicted octanol–water partition coefficient (Wildman–Crippen LogP) is 4.50. The van der Waals surface area contributed by atoms with Crippen LogP contribution in [0.15, 0.2) is 42.6 Å². The van der Waals surface area contributed by atoms with Crippen molar-refractivity contribution in [2.24, 2.45) is 7.05 Å². The van der Waals surface area contributed by atoms with Gasteiger partial charge in [0, 0.05) is 41.7 Å². The number of carbonyl (C=O) groups is 2. The lowest BCUT2D eigenvalue weighted by molar-refractivity contribution is -0.133. The maximum Gasteiger partial charge on any atom is 0.322 e. The van der Waals surface area contributed by atoms with Gasteiger partial charge in [-0.15, -0.1) is 0 Å². The highest BCUT2D eigenvalue weighted by Gasteiger charge is 2.34. The minimum atomic E-state index is -0.273. The fourth-order valence-corrected chi connectivity index (χ4v) is 3.38. The first-order valence-corrected chi connectivity index (χ1v) is 10.5. The molecule has 1 saturated carbocycles. The number of hydrogen-bond donors (Lipinski definition) is 1. The molecular weight excluding hydrogens is 388 g/mol. The van der Waals surface area contributed by atoms with Crippen LogP contribution < -0.4 is 5.32 Å². The SMILES string of the molecule is CC[C@@H](C)N(CC(=O)N(Cc1cccn1C)C1CC1)C(=O)Nc1ccc(Cl)cc1. The van der Waals surface area contributed by atoms with Gasteiger partial charge >= 0.3 is 6.03 Å². The van der Waals surface area contributed by atoms with E-state index in [-0.39, 0.29) is 30.6 Å². The molecule has 0 bridgehead atoms. The number of carbonyl (C=O) groups excluding carboxylic acids is 2. The van der Waals surface area contributed by atoms with Crippen LogP contribution in [0.4, 0.5) is 10.5 Å². The Kier molecular flexibility index (Phi) is 6.85. The Morgan fingerprint density at radius 2 is 1.93 bits per heavy atom. The number of anilines is 1. The van der Waals surface area contributed by atoms with Crippen molar-refractivity contribution in [1.82, 2.24) is 14.4 Å². The second-order valence-corrected chi connectivity index (χ2v) is 8.12. The molecule has 1 atom stereocenters. The van der Waals surface area contributed by atoms with E-state index < -0.39 is 0 Å². The molecule has 0 spiro atoms. The van der Waals surface area contributed by atoms with Gasteiger partial charge < -0.3 is 19.7 Å². The van der Waals surface area contributed by atoms with E-state index in [0.29, 0.717) is 17.3 Å². The molecule has 1 heterocycles. The molecule has 156 valence electrons. The lowest BCUT2D eigenvalue weighted by Gasteiger charge is -2.31. The monoisotopic (exact) mass is 416 g/mol. The number of aryl methyl sites for hydroxylation is 1. The molecule has 3 amide bonds. The summed E-state index contributed by atoms with van der Waals surface area (Å²) in [4.78, 5) is 29.6. The topological polar surface area (TPSA) is 57.6 Å². The van der Waals surface area contributed by atoms with E-state index in [1.54, 1.807) is 29.2 Å². The lowest BCUT2D eigenvalue weighted by Crippen LogP contribution is -2.48. The van der Waals surface area contributed by atoms with Crippen molar-refractivity contribution in [2.45, 2.75) is 51.7 Å². The maximum atomic E-state index is 13.2. The van der Waals surface area contributed by atoms with Crippen molar-refractivity contribution in [2.75, 3.05) is 11.9 Å². The zero-order valence-electron chi connectivity index (χ0n) is 17.3. The number of amides is 3. The summed E-state index contributed by atoms with van der Waals surface area (Å²) in [6.45, 7) is 4.61. The van der Waals surface area contributed by atoms with Gasteiger partial charge in [0.1, 0.15) is 6.54 Å². The highest BCUT2D eigenvalue weighted by Crippen LogP contribution is 2.29. The van der Waals surface area contributed by atoms with E-state index in [4.69, 9.17) is 11.6 Å². The number of aromatic nitrogens is 1. The number of benzene rings is 1. The van der Waals surface area contributed by atoms with Crippen molar-refractivity contribution in [3.63, 3.8) is 0 Å². The molecule has 0 unspecified atom stereocenters. The summed E-state index contributed by atoms with van der Waals surface area (Å²) in [6, 6.07) is 10.9. The summed E-state index contributed by atoms with van der Waals surface area (Å²) < 4.78 is 2.03. The first-order chi connectivity index (χ1) is 13.9. The fraction of sp³-hybridized carbons (Fsp3) is 0.455. The minimum Gasteiger partial charge on any atom is -0.353 e. The van der Waals surface area contributed by atoms with Crippen LogP contribution in [0.2, 0.25) is 5.02 Å². The van der Waals surface area contributed by atoms with Crippen molar-refractivity contribution in [3.8, 4) is 0 Å². The molecule has 1 N–H and O–H groups in total. The molecule has 0 aliphatic heterocycles. The van der Waals surface area contributed by atoms with Crippen LogP contribution in [0.3, 0.4) is 0 Å². The molecule has 1 fully saturated rings. The maximum absolute atomic E-state index is 13.2. The molecule has 1 aliphatic rings. The molecule has 2 aromatic rings. The van der Waals surface area contributed by atoms with Gasteiger partial charge in [-0.3, -0.25) is 4.79 Å². The normalized spacial score (nSPS) is 14.3. The van der Waals surface area contributed by atoms with Gasteiger partial charge in [0.05, 0.1) is 6.54 Å². The average Bonchev–Trinajstić information content (AvgIpc) is 3.47. The zero-order valence-corrected chi connectivity index (χ0v) is 18.0. The van der Waals surface area contributed by atoms with Crippen LogP contribution in [-0.2, 0) is 18.4 Å². The van der Waals surface area contributed by atoms with Crippen LogP contribution >= 0.6 is 11.6 Å². The Labute approximate surface area is 177 Å². The smallest absolute Gasteiger partial charge is 0.322 e. The van der Waals surface area contributed by atoms with Gasteiger partial charge in [0.15, 0.2) is 0 Å². The zero-order chi connectivity index (χ0) is 21.0. The third-order valence-electron chi connectivity index (χ3n) is 5.48. The van der Waals surface area contributed by atoms with E-state index in [1.165, 1.54) is 0 Å². The number of nitrogens with zero attached hydrogens (tertiary/aromatic N) is 3. The van der Waals surface area contributed by atoms with Crippen molar-refractivity contribution in [3.05, 3.63) is 53.3 Å². The molecule has 0 saturated heterocycles. The molecule has 1 aliphatic carbocycles. The number of urea groups is 1. The number of hydrogen-bond acceptors (Lipinski definition) is 2. The van der Waals surface area contributed by atoms with Gasteiger partial charge in [0.25, 0.3) is 0 Å². The van der Waals surface area contributed by atoms with Crippen LogP contribution in [0, 0.1) is 0 Å². The summed E-state index contributed by atoms with van der Waals surface area (Å²) in [7, 11) is 1.98. The lowest BCUT2D eigenvalue weighted by atomic mass is 10.2. The summed E-state index contributed by atoms with van der Waals surface area (Å²) in [5.41, 5.74) is 1.74. The predicted molar refractivity (Wildman–Crippen MR) is 116 cm³/mol. The Balaban J connectivity index is 1.70. The standard InChI is InChI=1S/C22H29ClN4O2/c1-4-16(2)26(22(29)24-18-9-7-17(23)8-10-18)15-21(28)27(19-11-12-19)14-20-6-5-13-25(20)3/h5-10,13,16,19H,4,11-12,14-15H2,1-3H3,(H,24,29)/t16-/m1/s1. The Morgan fingerprint density at radius 1 is 1.24 bits per heavy atom. The summed E-state index contributed by atoms with van der Waals surface area (Å²) >= 11 is 5.92. The molecular formula is C22H29ClN4O2. The Bertz CT molecular complexity index is 845. The van der Waals surface area contributed by atoms with Crippen LogP contribution in [0.25, 0.3) is 0 Å². The fourth-order valence-electron chi connectivity index (χ4n) is 3.26. The molecule has 1 aromatic heterocycles. The largest absolute Gasteiger partial charge is 0.353 e. The Hall–Kier alpha value is -2.47. The summed E-state index contributed by atoms with van der Waals surface area (Å²) in [5, 5.41) is 3.49. The molecule has 29 heavy (non-hydrogen) atoms. The van der Waals surface area contributed by atoms with Gasteiger partial charge in [0.2, 0.25) is 5.91 Å². The van der Waals surface area contributed by atoms with Gasteiger partial charge in [-0.1, -0.05) is 18.5 Å². The molecule has 3 rings (SSSR count). The van der Waals surface area contributed by atoms with E-state index in [9.17, 15) is 9.59 Å². The van der Waals surface area contributed by atoms with E-state index in [2.05, 4.69) is 5.32 Å². The first kappa shape index (κ1) is 21.2. The van der Waals surface area contributed by atoms with Gasteiger partial charge in [-0.05, 0) is 62.6 Å². The minimum absolute atomic E-state index is 0.0137. The molecule has 7 heteroatoms. The molecule has 6 nitrogen and oxygen atoms in total. The van der Waals surface area contributed by atoms with Crippen molar-refractivity contribution in [1.29, 1.82) is 0 Å². The third kappa shape index (κ3) is 5.54. The van der Waals surface area contributed by atoms with E-state index >= 15 is 0 Å². The van der Waals surface area contributed by atoms with E-state index in [1.807, 2.05) is 48.7 Å². The second-order valence-electron chi connectivity index (χ2n) is 7.69. The summed E-state index contributed by atoms with van der Waals surface area (Å²) in [5.74, 6) is -0.0137. The Morgan fingerprint density at radius 3 is 2.48 bits per heavy atom. The highest BCUT2D eigenvalue weighted by atomic mass is 35.5. The van der Waals surface area contributed by atoms with Crippen molar-refractivity contribution >= 4 is 29.2 Å². The molecule has 0 radical (unpaired) electrons. The van der Waals surface area contributed by atoms with E-state index in [0.717, 1.165) is 25.0 Å². The number of nitrogens with one attached hydrogen (secondary N) is 1. The van der Waals surface area contributed by atoms with Gasteiger partial charge in [-0.2, -0.15) is 0 Å². The van der Waals surface area contributed by atoms with Crippen LogP contribution in [0.1, 0.15) is 38.8 Å². The number of rotatable bonds is 8. The van der Waals surface area contributed by atoms with Crippen molar-refractivity contribution < 1.29 is 9.59 Å². The average molecular weight is 417 g/mol. The van der Waals surface area contributed by atoms with Crippen LogP contribution in [-0.4, -0.2) is 44.9 Å². The highest BCUT2D eigenvalue weighted by molar-refractivity contribution is 6.30. The number of halogens is 1. The summed E-state index contributed by atoms with van der Waals surface area (Å²) in [6.07, 6.45) is 4.80. The second kappa shape index (κ2) is 9.35. The molecule has 1 aromatic carbocycles.